The number of hydrogen-bond donors (Lipinski definition) is 1. The summed E-state index contributed by atoms with van der Waals surface area (Å²) in [6.07, 6.45) is 4.32. The standard InChI is InChI=1S/C18H22ClN5O2/c1-22-12-13(11-20-22)24-6-5-16(18(24)25)21-15-4-2-3-14(19)17(15)23-7-9-26-10-8-23/h2-4,11-12,16,21H,5-10H2,1H3. The molecule has 0 aliphatic carbocycles. The lowest BCUT2D eigenvalue weighted by molar-refractivity contribution is -0.117. The van der Waals surface area contributed by atoms with Gasteiger partial charge < -0.3 is 19.9 Å². The average Bonchev–Trinajstić information content (AvgIpc) is 3.22. The maximum absolute atomic E-state index is 12.9. The van der Waals surface area contributed by atoms with E-state index in [4.69, 9.17) is 16.3 Å². The molecular formula is C18H22ClN5O2. The van der Waals surface area contributed by atoms with Crippen LogP contribution in [0.15, 0.2) is 30.6 Å². The maximum atomic E-state index is 12.9. The summed E-state index contributed by atoms with van der Waals surface area (Å²) < 4.78 is 7.15. The highest BCUT2D eigenvalue weighted by Gasteiger charge is 2.34. The summed E-state index contributed by atoms with van der Waals surface area (Å²) in [6, 6.07) is 5.51. The molecule has 3 heterocycles. The van der Waals surface area contributed by atoms with Gasteiger partial charge >= 0.3 is 0 Å². The van der Waals surface area contributed by atoms with Crippen molar-refractivity contribution < 1.29 is 9.53 Å². The zero-order valence-corrected chi connectivity index (χ0v) is 15.4. The lowest BCUT2D eigenvalue weighted by atomic mass is 10.2. The molecule has 1 aromatic carbocycles. The first-order chi connectivity index (χ1) is 12.6. The molecule has 0 spiro atoms. The predicted molar refractivity (Wildman–Crippen MR) is 102 cm³/mol. The van der Waals surface area contributed by atoms with Gasteiger partial charge in [-0.3, -0.25) is 9.48 Å². The zero-order valence-electron chi connectivity index (χ0n) is 14.7. The Morgan fingerprint density at radius 1 is 1.27 bits per heavy atom. The van der Waals surface area contributed by atoms with Gasteiger partial charge in [-0.2, -0.15) is 5.10 Å². The van der Waals surface area contributed by atoms with E-state index in [0.717, 1.165) is 36.6 Å². The van der Waals surface area contributed by atoms with Crippen LogP contribution in [0, 0.1) is 0 Å². The number of nitrogens with zero attached hydrogens (tertiary/aromatic N) is 4. The van der Waals surface area contributed by atoms with E-state index in [1.807, 2.05) is 31.4 Å². The monoisotopic (exact) mass is 375 g/mol. The topological polar surface area (TPSA) is 62.6 Å². The number of amides is 1. The predicted octanol–water partition coefficient (Wildman–Crippen LogP) is 2.13. The lowest BCUT2D eigenvalue weighted by Gasteiger charge is -2.32. The minimum atomic E-state index is -0.270. The summed E-state index contributed by atoms with van der Waals surface area (Å²) in [6.45, 7) is 3.62. The van der Waals surface area contributed by atoms with Crippen LogP contribution < -0.4 is 15.1 Å². The van der Waals surface area contributed by atoms with E-state index < -0.39 is 0 Å². The van der Waals surface area contributed by atoms with Crippen LogP contribution in [-0.2, 0) is 16.6 Å². The molecule has 8 heteroatoms. The molecule has 7 nitrogen and oxygen atoms in total. The van der Waals surface area contributed by atoms with Crippen molar-refractivity contribution in [3.8, 4) is 0 Å². The van der Waals surface area contributed by atoms with E-state index in [1.54, 1.807) is 15.8 Å². The number of anilines is 3. The molecule has 2 aromatic rings. The molecule has 0 bridgehead atoms. The molecule has 1 atom stereocenters. The van der Waals surface area contributed by atoms with Crippen molar-refractivity contribution in [2.75, 3.05) is 48.0 Å². The van der Waals surface area contributed by atoms with Crippen molar-refractivity contribution >= 4 is 34.6 Å². The van der Waals surface area contributed by atoms with Gasteiger partial charge in [0, 0.05) is 32.9 Å². The van der Waals surface area contributed by atoms with Gasteiger partial charge in [0.2, 0.25) is 5.91 Å². The molecule has 2 fully saturated rings. The van der Waals surface area contributed by atoms with E-state index in [9.17, 15) is 4.79 Å². The first-order valence-electron chi connectivity index (χ1n) is 8.81. The molecule has 1 unspecified atom stereocenters. The number of carbonyl (C=O) groups excluding carboxylic acids is 1. The number of aryl methyl sites for hydroxylation is 1. The molecule has 2 saturated heterocycles. The molecule has 26 heavy (non-hydrogen) atoms. The smallest absolute Gasteiger partial charge is 0.249 e. The summed E-state index contributed by atoms with van der Waals surface area (Å²) in [5.74, 6) is 0.0610. The number of nitrogens with one attached hydrogen (secondary N) is 1. The van der Waals surface area contributed by atoms with Crippen LogP contribution in [0.3, 0.4) is 0 Å². The molecule has 0 saturated carbocycles. The Hall–Kier alpha value is -2.25. The van der Waals surface area contributed by atoms with Crippen LogP contribution in [0.25, 0.3) is 0 Å². The maximum Gasteiger partial charge on any atom is 0.249 e. The van der Waals surface area contributed by atoms with Gasteiger partial charge in [0.1, 0.15) is 6.04 Å². The van der Waals surface area contributed by atoms with Gasteiger partial charge in [0.25, 0.3) is 0 Å². The first-order valence-corrected chi connectivity index (χ1v) is 9.19. The highest BCUT2D eigenvalue weighted by Crippen LogP contribution is 2.36. The Bertz CT molecular complexity index is 803. The number of halogens is 1. The molecule has 1 amide bonds. The largest absolute Gasteiger partial charge is 0.378 e. The molecule has 2 aliphatic rings. The first kappa shape index (κ1) is 17.2. The second-order valence-corrected chi connectivity index (χ2v) is 6.99. The number of aromatic nitrogens is 2. The molecule has 1 aromatic heterocycles. The summed E-state index contributed by atoms with van der Waals surface area (Å²) >= 11 is 6.48. The fraction of sp³-hybridized carbons (Fsp3) is 0.444. The highest BCUT2D eigenvalue weighted by molar-refractivity contribution is 6.34. The highest BCUT2D eigenvalue weighted by atomic mass is 35.5. The van der Waals surface area contributed by atoms with Crippen LogP contribution in [0.4, 0.5) is 17.1 Å². The number of ether oxygens (including phenoxy) is 1. The minimum absolute atomic E-state index is 0.0610. The number of morpholine rings is 1. The zero-order chi connectivity index (χ0) is 18.1. The van der Waals surface area contributed by atoms with Crippen molar-refractivity contribution in [3.05, 3.63) is 35.6 Å². The van der Waals surface area contributed by atoms with Gasteiger partial charge in [-0.25, -0.2) is 0 Å². The summed E-state index contributed by atoms with van der Waals surface area (Å²) in [5, 5.41) is 8.26. The fourth-order valence-corrected chi connectivity index (χ4v) is 3.84. The Kier molecular flexibility index (Phi) is 4.74. The normalized spacial score (nSPS) is 20.7. The number of carbonyl (C=O) groups is 1. The lowest BCUT2D eigenvalue weighted by Crippen LogP contribution is -2.38. The third-order valence-corrected chi connectivity index (χ3v) is 5.16. The Labute approximate surface area is 157 Å². The van der Waals surface area contributed by atoms with Crippen molar-refractivity contribution in [3.63, 3.8) is 0 Å². The Balaban J connectivity index is 1.54. The number of hydrogen-bond acceptors (Lipinski definition) is 5. The summed E-state index contributed by atoms with van der Waals surface area (Å²) in [5.41, 5.74) is 2.68. The van der Waals surface area contributed by atoms with E-state index in [2.05, 4.69) is 15.3 Å². The molecule has 0 radical (unpaired) electrons. The molecule has 138 valence electrons. The van der Waals surface area contributed by atoms with Crippen LogP contribution in [0.2, 0.25) is 5.02 Å². The third kappa shape index (κ3) is 3.24. The average molecular weight is 376 g/mol. The van der Waals surface area contributed by atoms with Gasteiger partial charge in [0.15, 0.2) is 0 Å². The number of benzene rings is 1. The van der Waals surface area contributed by atoms with E-state index in [1.165, 1.54) is 0 Å². The van der Waals surface area contributed by atoms with Gasteiger partial charge in [-0.1, -0.05) is 17.7 Å². The quantitative estimate of drug-likeness (QED) is 0.887. The second-order valence-electron chi connectivity index (χ2n) is 6.58. The minimum Gasteiger partial charge on any atom is -0.378 e. The van der Waals surface area contributed by atoms with Crippen LogP contribution in [0.5, 0.6) is 0 Å². The van der Waals surface area contributed by atoms with Crippen molar-refractivity contribution in [1.29, 1.82) is 0 Å². The van der Waals surface area contributed by atoms with Gasteiger partial charge in [-0.05, 0) is 18.6 Å². The van der Waals surface area contributed by atoms with E-state index in [0.29, 0.717) is 24.8 Å². The van der Waals surface area contributed by atoms with Gasteiger partial charge in [-0.15, -0.1) is 0 Å². The molecule has 4 rings (SSSR count). The Morgan fingerprint density at radius 3 is 2.81 bits per heavy atom. The van der Waals surface area contributed by atoms with Crippen molar-refractivity contribution in [2.24, 2.45) is 7.05 Å². The van der Waals surface area contributed by atoms with Crippen LogP contribution in [-0.4, -0.2) is 54.6 Å². The number of para-hydroxylation sites is 1. The molecular weight excluding hydrogens is 354 g/mol. The van der Waals surface area contributed by atoms with Gasteiger partial charge in [0.05, 0.1) is 41.5 Å². The summed E-state index contributed by atoms with van der Waals surface area (Å²) in [7, 11) is 1.85. The SMILES string of the molecule is Cn1cc(N2CCC(Nc3cccc(Cl)c3N3CCOCC3)C2=O)cn1. The fourth-order valence-electron chi connectivity index (χ4n) is 3.55. The third-order valence-electron chi connectivity index (χ3n) is 4.85. The summed E-state index contributed by atoms with van der Waals surface area (Å²) in [4.78, 5) is 16.8. The van der Waals surface area contributed by atoms with Crippen LogP contribution in [0.1, 0.15) is 6.42 Å². The van der Waals surface area contributed by atoms with Crippen molar-refractivity contribution in [1.82, 2.24) is 9.78 Å². The van der Waals surface area contributed by atoms with E-state index in [-0.39, 0.29) is 11.9 Å². The van der Waals surface area contributed by atoms with Crippen LogP contribution >= 0.6 is 11.6 Å². The van der Waals surface area contributed by atoms with E-state index >= 15 is 0 Å². The Morgan fingerprint density at radius 2 is 2.08 bits per heavy atom. The molecule has 1 N–H and O–H groups in total. The second kappa shape index (κ2) is 7.17. The number of rotatable bonds is 4. The molecule has 2 aliphatic heterocycles. The van der Waals surface area contributed by atoms with Crippen molar-refractivity contribution in [2.45, 2.75) is 12.5 Å².